The number of anilines is 1. The number of carbonyl (C=O) groups excluding carboxylic acids is 2. The maximum Gasteiger partial charge on any atom is 1.00 e. The van der Waals surface area contributed by atoms with E-state index >= 15 is 0 Å². The number of aliphatic carboxylic acids is 1. The summed E-state index contributed by atoms with van der Waals surface area (Å²) >= 11 is 0. The molecule has 2 aliphatic rings. The number of aliphatic hydroxyl groups is 3. The molecule has 0 spiro atoms. The maximum absolute atomic E-state index is 11.5. The van der Waals surface area contributed by atoms with Gasteiger partial charge >= 0.3 is 29.6 Å². The standard InChI is InChI=1S/C23H34N2O10.Na/c1-11-4-6-13(7-5-11)25-10-14-17(28)20(15(24-8-9-26)22(32-3)33-14)35-23-18(29)16(27)12(2)19(34-23)21(30)31;/h4-7,9,12,14-20,22-25,27-29H,8,10H2,1-3H3,(H,30,31);/q;+1/p-1. The molecule has 12 nitrogen and oxygen atoms in total. The van der Waals surface area contributed by atoms with Gasteiger partial charge in [-0.05, 0) is 19.1 Å². The first kappa shape index (κ1) is 31.1. The molecular weight excluding hydrogens is 487 g/mol. The summed E-state index contributed by atoms with van der Waals surface area (Å²) in [5.41, 5.74) is 1.87. The van der Waals surface area contributed by atoms with Gasteiger partial charge in [0, 0.05) is 25.3 Å². The number of ether oxygens (including phenoxy) is 4. The van der Waals surface area contributed by atoms with Crippen molar-refractivity contribution in [2.75, 3.05) is 25.5 Å². The van der Waals surface area contributed by atoms with Gasteiger partial charge < -0.3 is 59.6 Å². The Hall–Kier alpha value is -1.16. The minimum atomic E-state index is -1.61. The van der Waals surface area contributed by atoms with Crippen molar-refractivity contribution < 1.29 is 78.5 Å². The molecule has 2 saturated heterocycles. The zero-order valence-electron chi connectivity index (χ0n) is 20.8. The number of benzene rings is 1. The van der Waals surface area contributed by atoms with Gasteiger partial charge in [-0.1, -0.05) is 24.6 Å². The molecule has 1 aromatic rings. The molecular formula is C23H33N2NaO10. The minimum Gasteiger partial charge on any atom is -0.547 e. The SMILES string of the molecule is COC1OC(CNc2ccc(C)cc2)C(O)C(OC2OC(C(=O)[O-])C(C)C(O)C2O)C1NCC=O.[Na+]. The van der Waals surface area contributed by atoms with Crippen LogP contribution in [0, 0.1) is 12.8 Å². The fourth-order valence-electron chi connectivity index (χ4n) is 4.28. The van der Waals surface area contributed by atoms with E-state index in [1.807, 2.05) is 31.2 Å². The number of methoxy groups -OCH3 is 1. The molecule has 0 amide bonds. The van der Waals surface area contributed by atoms with E-state index in [0.29, 0.717) is 6.29 Å². The van der Waals surface area contributed by atoms with Crippen LogP contribution in [0.2, 0.25) is 0 Å². The quantitative estimate of drug-likeness (QED) is 0.146. The first-order chi connectivity index (χ1) is 16.7. The number of aryl methyl sites for hydroxylation is 1. The van der Waals surface area contributed by atoms with Crippen LogP contribution in [0.1, 0.15) is 12.5 Å². The van der Waals surface area contributed by atoms with Crippen molar-refractivity contribution in [2.24, 2.45) is 5.92 Å². The molecule has 0 aliphatic carbocycles. The van der Waals surface area contributed by atoms with Gasteiger partial charge in [-0.2, -0.15) is 0 Å². The Morgan fingerprint density at radius 3 is 2.36 bits per heavy atom. The molecule has 0 radical (unpaired) electrons. The zero-order valence-corrected chi connectivity index (χ0v) is 22.8. The summed E-state index contributed by atoms with van der Waals surface area (Å²) in [6.07, 6.45) is -9.97. The Balaban J connectivity index is 0.00000456. The molecule has 3 rings (SSSR count). The van der Waals surface area contributed by atoms with Crippen LogP contribution in [-0.2, 0) is 28.5 Å². The maximum atomic E-state index is 11.5. The van der Waals surface area contributed by atoms with Crippen molar-refractivity contribution in [2.45, 2.75) is 69.1 Å². The molecule has 2 aliphatic heterocycles. The predicted octanol–water partition coefficient (Wildman–Crippen LogP) is -5.48. The number of carboxylic acids is 1. The predicted molar refractivity (Wildman–Crippen MR) is 119 cm³/mol. The third kappa shape index (κ3) is 7.23. The molecule has 0 saturated carbocycles. The molecule has 2 fully saturated rings. The number of hydrogen-bond donors (Lipinski definition) is 5. The Morgan fingerprint density at radius 1 is 1.11 bits per heavy atom. The van der Waals surface area contributed by atoms with Crippen LogP contribution in [0.25, 0.3) is 0 Å². The second-order valence-electron chi connectivity index (χ2n) is 8.80. The molecule has 0 aromatic heterocycles. The van der Waals surface area contributed by atoms with E-state index in [-0.39, 0.29) is 42.6 Å². The van der Waals surface area contributed by atoms with Crippen LogP contribution in [0.5, 0.6) is 0 Å². The number of rotatable bonds is 10. The van der Waals surface area contributed by atoms with Gasteiger partial charge in [-0.15, -0.1) is 0 Å². The smallest absolute Gasteiger partial charge is 0.547 e. The van der Waals surface area contributed by atoms with Crippen molar-refractivity contribution in [3.8, 4) is 0 Å². The number of hydrogen-bond acceptors (Lipinski definition) is 12. The number of nitrogens with one attached hydrogen (secondary N) is 2. The molecule has 10 unspecified atom stereocenters. The van der Waals surface area contributed by atoms with E-state index in [4.69, 9.17) is 18.9 Å². The van der Waals surface area contributed by atoms with Crippen LogP contribution in [0.3, 0.4) is 0 Å². The second-order valence-corrected chi connectivity index (χ2v) is 8.80. The molecule has 1 aromatic carbocycles. The summed E-state index contributed by atoms with van der Waals surface area (Å²) in [7, 11) is 1.38. The number of carboxylic acid groups (broad SMARTS) is 1. The van der Waals surface area contributed by atoms with E-state index < -0.39 is 67.1 Å². The third-order valence-electron chi connectivity index (χ3n) is 6.35. The van der Waals surface area contributed by atoms with Crippen LogP contribution >= 0.6 is 0 Å². The molecule has 5 N–H and O–H groups in total. The summed E-state index contributed by atoms with van der Waals surface area (Å²) < 4.78 is 22.6. The van der Waals surface area contributed by atoms with Crippen molar-refractivity contribution in [1.29, 1.82) is 0 Å². The molecule has 2 heterocycles. The van der Waals surface area contributed by atoms with Gasteiger partial charge in [0.15, 0.2) is 12.6 Å². The van der Waals surface area contributed by atoms with Crippen LogP contribution < -0.4 is 45.3 Å². The van der Waals surface area contributed by atoms with Crippen molar-refractivity contribution in [3.05, 3.63) is 29.8 Å². The van der Waals surface area contributed by atoms with Gasteiger partial charge in [0.25, 0.3) is 0 Å². The van der Waals surface area contributed by atoms with Gasteiger partial charge in [0.05, 0.1) is 24.7 Å². The van der Waals surface area contributed by atoms with Crippen molar-refractivity contribution in [3.63, 3.8) is 0 Å². The number of aldehydes is 1. The van der Waals surface area contributed by atoms with Gasteiger partial charge in [-0.3, -0.25) is 0 Å². The normalized spacial score (nSPS) is 36.5. The number of aliphatic hydroxyl groups excluding tert-OH is 3. The Bertz CT molecular complexity index is 847. The van der Waals surface area contributed by atoms with E-state index in [0.717, 1.165) is 11.3 Å². The summed E-state index contributed by atoms with van der Waals surface area (Å²) in [5.74, 6) is -2.54. The Morgan fingerprint density at radius 2 is 1.78 bits per heavy atom. The van der Waals surface area contributed by atoms with E-state index in [1.54, 1.807) is 0 Å². The van der Waals surface area contributed by atoms with E-state index in [2.05, 4.69) is 10.6 Å². The second kappa shape index (κ2) is 14.1. The van der Waals surface area contributed by atoms with Gasteiger partial charge in [0.1, 0.15) is 36.8 Å². The molecule has 196 valence electrons. The largest absolute Gasteiger partial charge is 1.00 e. The molecule has 36 heavy (non-hydrogen) atoms. The summed E-state index contributed by atoms with van der Waals surface area (Å²) in [6.45, 7) is 3.39. The monoisotopic (exact) mass is 520 g/mol. The Labute approximate surface area is 231 Å². The van der Waals surface area contributed by atoms with E-state index in [1.165, 1.54) is 14.0 Å². The topological polar surface area (TPSA) is 179 Å². The van der Waals surface area contributed by atoms with Gasteiger partial charge in [-0.25, -0.2) is 0 Å². The summed E-state index contributed by atoms with van der Waals surface area (Å²) in [6, 6.07) is 6.69. The first-order valence-corrected chi connectivity index (χ1v) is 11.4. The Kier molecular flexibility index (Phi) is 12.2. The zero-order chi connectivity index (χ0) is 25.7. The fourth-order valence-corrected chi connectivity index (χ4v) is 4.28. The van der Waals surface area contributed by atoms with Gasteiger partial charge in [0.2, 0.25) is 0 Å². The van der Waals surface area contributed by atoms with E-state index in [9.17, 15) is 30.0 Å². The molecule has 13 heteroatoms. The van der Waals surface area contributed by atoms with Crippen LogP contribution in [0.4, 0.5) is 5.69 Å². The van der Waals surface area contributed by atoms with Crippen LogP contribution in [-0.4, -0.2) is 103 Å². The van der Waals surface area contributed by atoms with Crippen molar-refractivity contribution in [1.82, 2.24) is 5.32 Å². The fraction of sp³-hybridized carbons (Fsp3) is 0.652. The number of carbonyl (C=O) groups is 2. The average molecular weight is 521 g/mol. The van der Waals surface area contributed by atoms with Crippen molar-refractivity contribution >= 4 is 17.9 Å². The van der Waals surface area contributed by atoms with Crippen LogP contribution in [0.15, 0.2) is 24.3 Å². The molecule has 10 atom stereocenters. The third-order valence-corrected chi connectivity index (χ3v) is 6.35. The average Bonchev–Trinajstić information content (AvgIpc) is 2.84. The first-order valence-electron chi connectivity index (χ1n) is 11.4. The minimum absolute atomic E-state index is 0. The summed E-state index contributed by atoms with van der Waals surface area (Å²) in [4.78, 5) is 22.5. The summed E-state index contributed by atoms with van der Waals surface area (Å²) in [5, 5.41) is 49.5. The molecule has 0 bridgehead atoms.